The van der Waals surface area contributed by atoms with Gasteiger partial charge in [0.15, 0.2) is 0 Å². The molecule has 1 aromatic heterocycles. The van der Waals surface area contributed by atoms with Crippen LogP contribution in [0.5, 0.6) is 0 Å². The topological polar surface area (TPSA) is 55.3 Å². The summed E-state index contributed by atoms with van der Waals surface area (Å²) in [4.78, 5) is 21.4. The number of carbonyl (C=O) groups is 1. The lowest BCUT2D eigenvalue weighted by atomic mass is 10.2. The summed E-state index contributed by atoms with van der Waals surface area (Å²) in [5.41, 5.74) is 0.891. The molecular formula is C11H17N3O2. The van der Waals surface area contributed by atoms with Crippen LogP contribution >= 0.6 is 0 Å². The van der Waals surface area contributed by atoms with Crippen molar-refractivity contribution in [3.8, 4) is 0 Å². The monoisotopic (exact) mass is 223 g/mol. The predicted molar refractivity (Wildman–Crippen MR) is 59.5 cm³/mol. The Bertz CT molecular complexity index is 329. The number of hydrogen-bond donors (Lipinski definition) is 0. The first-order chi connectivity index (χ1) is 7.63. The van der Waals surface area contributed by atoms with Crippen LogP contribution in [0.25, 0.3) is 0 Å². The fourth-order valence-electron chi connectivity index (χ4n) is 1.50. The summed E-state index contributed by atoms with van der Waals surface area (Å²) >= 11 is 0. The van der Waals surface area contributed by atoms with Gasteiger partial charge in [0.2, 0.25) is 0 Å². The largest absolute Gasteiger partial charge is 0.469 e. The molecule has 1 rings (SSSR count). The molecule has 0 aliphatic carbocycles. The second kappa shape index (κ2) is 6.17. The van der Waals surface area contributed by atoms with Gasteiger partial charge in [0.25, 0.3) is 0 Å². The molecule has 1 atom stereocenters. The maximum Gasteiger partial charge on any atom is 0.309 e. The Kier molecular flexibility index (Phi) is 4.85. The van der Waals surface area contributed by atoms with E-state index in [1.807, 2.05) is 18.9 Å². The molecule has 0 aromatic carbocycles. The molecular weight excluding hydrogens is 206 g/mol. The Balaban J connectivity index is 2.42. The van der Waals surface area contributed by atoms with Crippen molar-refractivity contribution in [2.24, 2.45) is 5.92 Å². The van der Waals surface area contributed by atoms with E-state index in [1.165, 1.54) is 7.11 Å². The highest BCUT2D eigenvalue weighted by atomic mass is 16.5. The molecule has 0 N–H and O–H groups in total. The van der Waals surface area contributed by atoms with Crippen molar-refractivity contribution < 1.29 is 9.53 Å². The number of hydrogen-bond acceptors (Lipinski definition) is 5. The van der Waals surface area contributed by atoms with E-state index in [0.29, 0.717) is 13.1 Å². The molecule has 0 radical (unpaired) electrons. The second-order valence-electron chi connectivity index (χ2n) is 3.82. The predicted octanol–water partition coefficient (Wildman–Crippen LogP) is 0.717. The van der Waals surface area contributed by atoms with Gasteiger partial charge in [-0.3, -0.25) is 19.7 Å². The molecule has 0 fully saturated rings. The maximum absolute atomic E-state index is 11.2. The van der Waals surface area contributed by atoms with Crippen molar-refractivity contribution in [3.63, 3.8) is 0 Å². The van der Waals surface area contributed by atoms with E-state index in [2.05, 4.69) is 14.7 Å². The van der Waals surface area contributed by atoms with Gasteiger partial charge < -0.3 is 4.74 Å². The zero-order chi connectivity index (χ0) is 12.0. The Morgan fingerprint density at radius 2 is 2.31 bits per heavy atom. The van der Waals surface area contributed by atoms with Gasteiger partial charge in [-0.05, 0) is 7.05 Å². The first-order valence-electron chi connectivity index (χ1n) is 5.14. The van der Waals surface area contributed by atoms with Gasteiger partial charge >= 0.3 is 5.97 Å². The Labute approximate surface area is 95.5 Å². The SMILES string of the molecule is COC(=O)C(C)CN(C)Cc1cnccn1. The average Bonchev–Trinajstić information content (AvgIpc) is 2.29. The van der Waals surface area contributed by atoms with E-state index >= 15 is 0 Å². The Hall–Kier alpha value is -1.49. The number of rotatable bonds is 5. The van der Waals surface area contributed by atoms with Crippen LogP contribution < -0.4 is 0 Å². The van der Waals surface area contributed by atoms with Gasteiger partial charge in [0, 0.05) is 31.7 Å². The minimum Gasteiger partial charge on any atom is -0.469 e. The van der Waals surface area contributed by atoms with E-state index in [-0.39, 0.29) is 11.9 Å². The first-order valence-corrected chi connectivity index (χ1v) is 5.14. The van der Waals surface area contributed by atoms with Crippen molar-refractivity contribution in [2.75, 3.05) is 20.7 Å². The normalized spacial score (nSPS) is 12.5. The molecule has 1 heterocycles. The summed E-state index contributed by atoms with van der Waals surface area (Å²) in [5, 5.41) is 0. The number of esters is 1. The second-order valence-corrected chi connectivity index (χ2v) is 3.82. The van der Waals surface area contributed by atoms with Crippen LogP contribution in [0.3, 0.4) is 0 Å². The summed E-state index contributed by atoms with van der Waals surface area (Å²) in [7, 11) is 3.34. The molecule has 0 aliphatic heterocycles. The van der Waals surface area contributed by atoms with Crippen LogP contribution in [-0.2, 0) is 16.1 Å². The van der Waals surface area contributed by atoms with E-state index in [0.717, 1.165) is 5.69 Å². The molecule has 1 unspecified atom stereocenters. The number of aromatic nitrogens is 2. The molecule has 5 heteroatoms. The highest BCUT2D eigenvalue weighted by Gasteiger charge is 2.15. The number of nitrogens with zero attached hydrogens (tertiary/aromatic N) is 3. The molecule has 0 spiro atoms. The van der Waals surface area contributed by atoms with Crippen LogP contribution in [-0.4, -0.2) is 41.5 Å². The third kappa shape index (κ3) is 3.94. The third-order valence-electron chi connectivity index (χ3n) is 2.24. The van der Waals surface area contributed by atoms with Gasteiger partial charge in [0.1, 0.15) is 0 Å². The van der Waals surface area contributed by atoms with Crippen LogP contribution in [0.2, 0.25) is 0 Å². The summed E-state index contributed by atoms with van der Waals surface area (Å²) in [6, 6.07) is 0. The van der Waals surface area contributed by atoms with Gasteiger partial charge in [-0.2, -0.15) is 0 Å². The van der Waals surface area contributed by atoms with Crippen LogP contribution in [0.4, 0.5) is 0 Å². The first kappa shape index (κ1) is 12.6. The van der Waals surface area contributed by atoms with Crippen LogP contribution in [0.15, 0.2) is 18.6 Å². The lowest BCUT2D eigenvalue weighted by Gasteiger charge is -2.19. The van der Waals surface area contributed by atoms with E-state index < -0.39 is 0 Å². The molecule has 88 valence electrons. The highest BCUT2D eigenvalue weighted by molar-refractivity contribution is 5.71. The molecule has 1 aromatic rings. The smallest absolute Gasteiger partial charge is 0.309 e. The molecule has 0 aliphatic rings. The minimum absolute atomic E-state index is 0.133. The average molecular weight is 223 g/mol. The standard InChI is InChI=1S/C11H17N3O2/c1-9(11(15)16-3)7-14(2)8-10-6-12-4-5-13-10/h4-6,9H,7-8H2,1-3H3. The number of methoxy groups -OCH3 is 1. The minimum atomic E-state index is -0.189. The molecule has 16 heavy (non-hydrogen) atoms. The van der Waals surface area contributed by atoms with Gasteiger partial charge in [-0.15, -0.1) is 0 Å². The summed E-state index contributed by atoms with van der Waals surface area (Å²) in [6.45, 7) is 3.16. The van der Waals surface area contributed by atoms with Crippen molar-refractivity contribution in [1.29, 1.82) is 0 Å². The van der Waals surface area contributed by atoms with E-state index in [1.54, 1.807) is 18.6 Å². The fraction of sp³-hybridized carbons (Fsp3) is 0.545. The Morgan fingerprint density at radius 3 is 2.88 bits per heavy atom. The van der Waals surface area contributed by atoms with Crippen molar-refractivity contribution >= 4 is 5.97 Å². The zero-order valence-electron chi connectivity index (χ0n) is 9.88. The van der Waals surface area contributed by atoms with Crippen molar-refractivity contribution in [3.05, 3.63) is 24.3 Å². The zero-order valence-corrected chi connectivity index (χ0v) is 9.88. The highest BCUT2D eigenvalue weighted by Crippen LogP contribution is 2.03. The fourth-order valence-corrected chi connectivity index (χ4v) is 1.50. The third-order valence-corrected chi connectivity index (χ3v) is 2.24. The van der Waals surface area contributed by atoms with Crippen molar-refractivity contribution in [1.82, 2.24) is 14.9 Å². The molecule has 5 nitrogen and oxygen atoms in total. The lowest BCUT2D eigenvalue weighted by Crippen LogP contribution is -2.29. The molecule has 0 saturated heterocycles. The van der Waals surface area contributed by atoms with E-state index in [4.69, 9.17) is 0 Å². The summed E-state index contributed by atoms with van der Waals surface area (Å²) < 4.78 is 4.67. The van der Waals surface area contributed by atoms with Crippen molar-refractivity contribution in [2.45, 2.75) is 13.5 Å². The van der Waals surface area contributed by atoms with Crippen LogP contribution in [0.1, 0.15) is 12.6 Å². The molecule has 0 saturated carbocycles. The maximum atomic E-state index is 11.2. The molecule has 0 amide bonds. The van der Waals surface area contributed by atoms with Crippen LogP contribution in [0, 0.1) is 5.92 Å². The lowest BCUT2D eigenvalue weighted by molar-refractivity contribution is -0.145. The van der Waals surface area contributed by atoms with Gasteiger partial charge in [0.05, 0.1) is 18.7 Å². The number of ether oxygens (including phenoxy) is 1. The molecule has 0 bridgehead atoms. The Morgan fingerprint density at radius 1 is 1.56 bits per heavy atom. The van der Waals surface area contributed by atoms with E-state index in [9.17, 15) is 4.79 Å². The number of carbonyl (C=O) groups excluding carboxylic acids is 1. The van der Waals surface area contributed by atoms with Gasteiger partial charge in [-0.25, -0.2) is 0 Å². The van der Waals surface area contributed by atoms with Gasteiger partial charge in [-0.1, -0.05) is 6.92 Å². The quantitative estimate of drug-likeness (QED) is 0.688. The summed E-state index contributed by atoms with van der Waals surface area (Å²) in [6.07, 6.45) is 5.02. The summed E-state index contributed by atoms with van der Waals surface area (Å²) in [5.74, 6) is -0.322.